The van der Waals surface area contributed by atoms with E-state index in [2.05, 4.69) is 61.5 Å². The van der Waals surface area contributed by atoms with Crippen molar-refractivity contribution in [3.63, 3.8) is 0 Å². The van der Waals surface area contributed by atoms with Crippen LogP contribution in [0.2, 0.25) is 0 Å². The van der Waals surface area contributed by atoms with Crippen LogP contribution in [-0.2, 0) is 0 Å². The third-order valence-corrected chi connectivity index (χ3v) is 4.81. The molecule has 0 unspecified atom stereocenters. The Balaban J connectivity index is 1.90. The Bertz CT molecular complexity index is 1130. The molecule has 144 valence electrons. The number of nitriles is 1. The van der Waals surface area contributed by atoms with Gasteiger partial charge in [0.2, 0.25) is 0 Å². The van der Waals surface area contributed by atoms with E-state index in [9.17, 15) is 0 Å². The predicted octanol–water partition coefficient (Wildman–Crippen LogP) is 6.46. The summed E-state index contributed by atoms with van der Waals surface area (Å²) < 4.78 is 0. The number of aryl methyl sites for hydroxylation is 1. The van der Waals surface area contributed by atoms with Crippen LogP contribution in [0.5, 0.6) is 0 Å². The standard InChI is InChI=1S/C27H21N3/c1-21-12-16-25(17-13-21)30(26-18-14-22(20-28)15-19-26)29-27(23-8-4-2-5-9-23)24-10-6-3-7-11-24/h2-19H,1H3. The number of rotatable bonds is 5. The number of hydrogen-bond donors (Lipinski definition) is 0. The van der Waals surface area contributed by atoms with Crippen LogP contribution >= 0.6 is 0 Å². The first-order valence-corrected chi connectivity index (χ1v) is 9.81. The summed E-state index contributed by atoms with van der Waals surface area (Å²) in [4.78, 5) is 0. The molecule has 0 bridgehead atoms. The van der Waals surface area contributed by atoms with Crippen molar-refractivity contribution in [3.8, 4) is 6.07 Å². The highest BCUT2D eigenvalue weighted by Crippen LogP contribution is 2.28. The van der Waals surface area contributed by atoms with E-state index in [1.165, 1.54) is 5.56 Å². The van der Waals surface area contributed by atoms with Crippen LogP contribution in [0.15, 0.2) is 114 Å². The van der Waals surface area contributed by atoms with E-state index in [1.54, 1.807) is 0 Å². The van der Waals surface area contributed by atoms with Gasteiger partial charge < -0.3 is 0 Å². The van der Waals surface area contributed by atoms with E-state index in [0.717, 1.165) is 28.2 Å². The second-order valence-corrected chi connectivity index (χ2v) is 6.99. The summed E-state index contributed by atoms with van der Waals surface area (Å²) in [6.07, 6.45) is 0. The van der Waals surface area contributed by atoms with Crippen LogP contribution in [0, 0.1) is 18.3 Å². The second kappa shape index (κ2) is 8.89. The summed E-state index contributed by atoms with van der Waals surface area (Å²) in [5.74, 6) is 0. The van der Waals surface area contributed by atoms with Crippen molar-refractivity contribution >= 4 is 17.1 Å². The topological polar surface area (TPSA) is 39.4 Å². The predicted molar refractivity (Wildman–Crippen MR) is 123 cm³/mol. The van der Waals surface area contributed by atoms with Gasteiger partial charge in [-0.15, -0.1) is 0 Å². The van der Waals surface area contributed by atoms with Gasteiger partial charge in [-0.25, -0.2) is 5.01 Å². The lowest BCUT2D eigenvalue weighted by Crippen LogP contribution is -2.15. The highest BCUT2D eigenvalue weighted by molar-refractivity contribution is 6.13. The Labute approximate surface area is 177 Å². The van der Waals surface area contributed by atoms with Gasteiger partial charge in [-0.05, 0) is 43.3 Å². The third-order valence-electron chi connectivity index (χ3n) is 4.81. The second-order valence-electron chi connectivity index (χ2n) is 6.99. The Morgan fingerprint density at radius 1 is 0.667 bits per heavy atom. The van der Waals surface area contributed by atoms with E-state index in [4.69, 9.17) is 10.4 Å². The van der Waals surface area contributed by atoms with Gasteiger partial charge in [0.1, 0.15) is 0 Å². The van der Waals surface area contributed by atoms with Gasteiger partial charge in [-0.3, -0.25) is 0 Å². The van der Waals surface area contributed by atoms with Gasteiger partial charge in [-0.2, -0.15) is 10.4 Å². The summed E-state index contributed by atoms with van der Waals surface area (Å²) in [6, 6.07) is 38.3. The van der Waals surface area contributed by atoms with Gasteiger partial charge in [0, 0.05) is 11.1 Å². The molecule has 0 amide bonds. The first kappa shape index (κ1) is 19.2. The van der Waals surface area contributed by atoms with Gasteiger partial charge in [0.05, 0.1) is 28.7 Å². The molecule has 0 saturated carbocycles. The molecule has 0 aliphatic carbocycles. The van der Waals surface area contributed by atoms with Crippen molar-refractivity contribution in [1.29, 1.82) is 5.26 Å². The van der Waals surface area contributed by atoms with Crippen LogP contribution in [-0.4, -0.2) is 5.71 Å². The first-order chi connectivity index (χ1) is 14.7. The maximum Gasteiger partial charge on any atom is 0.0991 e. The molecule has 0 heterocycles. The van der Waals surface area contributed by atoms with Crippen LogP contribution in [0.4, 0.5) is 11.4 Å². The van der Waals surface area contributed by atoms with E-state index >= 15 is 0 Å². The summed E-state index contributed by atoms with van der Waals surface area (Å²) in [5, 5.41) is 16.2. The number of benzene rings is 4. The van der Waals surface area contributed by atoms with E-state index in [1.807, 2.05) is 65.7 Å². The van der Waals surface area contributed by atoms with Crippen LogP contribution < -0.4 is 5.01 Å². The first-order valence-electron chi connectivity index (χ1n) is 9.81. The minimum Gasteiger partial charge on any atom is -0.233 e. The molecule has 0 aliphatic heterocycles. The van der Waals surface area contributed by atoms with Crippen LogP contribution in [0.25, 0.3) is 0 Å². The van der Waals surface area contributed by atoms with Gasteiger partial charge in [0.15, 0.2) is 0 Å². The fourth-order valence-electron chi connectivity index (χ4n) is 3.20. The number of hydrogen-bond acceptors (Lipinski definition) is 3. The molecule has 0 atom stereocenters. The Morgan fingerprint density at radius 3 is 1.60 bits per heavy atom. The summed E-state index contributed by atoms with van der Waals surface area (Å²) in [6.45, 7) is 2.07. The van der Waals surface area contributed by atoms with Crippen molar-refractivity contribution in [3.05, 3.63) is 131 Å². The van der Waals surface area contributed by atoms with E-state index in [0.29, 0.717) is 5.56 Å². The lowest BCUT2D eigenvalue weighted by Gasteiger charge is -2.22. The monoisotopic (exact) mass is 387 g/mol. The Hall–Kier alpha value is -4.16. The highest BCUT2D eigenvalue weighted by atomic mass is 15.5. The number of hydrazone groups is 1. The molecule has 0 spiro atoms. The number of anilines is 2. The SMILES string of the molecule is Cc1ccc(N(N=C(c2ccccc2)c2ccccc2)c2ccc(C#N)cc2)cc1. The Morgan fingerprint density at radius 2 is 1.13 bits per heavy atom. The molecule has 0 N–H and O–H groups in total. The average molecular weight is 387 g/mol. The van der Waals surface area contributed by atoms with E-state index < -0.39 is 0 Å². The minimum absolute atomic E-state index is 0.623. The molecule has 0 saturated heterocycles. The van der Waals surface area contributed by atoms with Gasteiger partial charge in [-0.1, -0.05) is 78.4 Å². The molecular weight excluding hydrogens is 366 g/mol. The summed E-state index contributed by atoms with van der Waals surface area (Å²) in [5.41, 5.74) is 6.61. The molecule has 4 aromatic carbocycles. The number of nitrogens with zero attached hydrogens (tertiary/aromatic N) is 3. The maximum absolute atomic E-state index is 9.17. The normalized spacial score (nSPS) is 10.1. The maximum atomic E-state index is 9.17. The fourth-order valence-corrected chi connectivity index (χ4v) is 3.20. The molecule has 0 aliphatic rings. The zero-order chi connectivity index (χ0) is 20.8. The largest absolute Gasteiger partial charge is 0.233 e. The third kappa shape index (κ3) is 4.29. The molecular formula is C27H21N3. The van der Waals surface area contributed by atoms with Crippen LogP contribution in [0.3, 0.4) is 0 Å². The highest BCUT2D eigenvalue weighted by Gasteiger charge is 2.13. The van der Waals surface area contributed by atoms with Crippen LogP contribution in [0.1, 0.15) is 22.3 Å². The molecule has 3 heteroatoms. The minimum atomic E-state index is 0.623. The van der Waals surface area contributed by atoms with Crippen molar-refractivity contribution in [2.75, 3.05) is 5.01 Å². The smallest absolute Gasteiger partial charge is 0.0991 e. The molecule has 30 heavy (non-hydrogen) atoms. The lowest BCUT2D eigenvalue weighted by atomic mass is 10.0. The zero-order valence-corrected chi connectivity index (χ0v) is 16.7. The van der Waals surface area contributed by atoms with Crippen molar-refractivity contribution in [2.45, 2.75) is 6.92 Å². The van der Waals surface area contributed by atoms with Crippen molar-refractivity contribution < 1.29 is 0 Å². The molecule has 0 radical (unpaired) electrons. The fraction of sp³-hybridized carbons (Fsp3) is 0.0370. The molecule has 4 rings (SSSR count). The molecule has 0 aromatic heterocycles. The lowest BCUT2D eigenvalue weighted by molar-refractivity contribution is 1.08. The summed E-state index contributed by atoms with van der Waals surface area (Å²) >= 11 is 0. The Kier molecular flexibility index (Phi) is 5.68. The zero-order valence-electron chi connectivity index (χ0n) is 16.7. The molecule has 4 aromatic rings. The average Bonchev–Trinajstić information content (AvgIpc) is 2.82. The molecule has 3 nitrogen and oxygen atoms in total. The van der Waals surface area contributed by atoms with Gasteiger partial charge >= 0.3 is 0 Å². The summed E-state index contributed by atoms with van der Waals surface area (Å²) in [7, 11) is 0. The van der Waals surface area contributed by atoms with Gasteiger partial charge in [0.25, 0.3) is 0 Å². The quantitative estimate of drug-likeness (QED) is 0.291. The van der Waals surface area contributed by atoms with Crippen molar-refractivity contribution in [1.82, 2.24) is 0 Å². The van der Waals surface area contributed by atoms with Crippen molar-refractivity contribution in [2.24, 2.45) is 5.10 Å². The molecule has 0 fully saturated rings. The van der Waals surface area contributed by atoms with E-state index in [-0.39, 0.29) is 0 Å².